The van der Waals surface area contributed by atoms with E-state index in [-0.39, 0.29) is 5.78 Å². The van der Waals surface area contributed by atoms with Crippen molar-refractivity contribution >= 4 is 24.2 Å². The SMILES string of the molecule is CCCC/C=[C](/CC(=O)c1ccccc1)[Sn]([CH3])([CH3])[CH3]. The molecule has 1 nitrogen and oxygen atoms in total. The molecule has 19 heavy (non-hydrogen) atoms. The van der Waals surface area contributed by atoms with E-state index in [4.69, 9.17) is 0 Å². The molecule has 0 saturated carbocycles. The fourth-order valence-electron chi connectivity index (χ4n) is 2.02. The van der Waals surface area contributed by atoms with Gasteiger partial charge in [0.1, 0.15) is 0 Å². The molecule has 0 aliphatic heterocycles. The summed E-state index contributed by atoms with van der Waals surface area (Å²) in [6, 6.07) is 9.67. The summed E-state index contributed by atoms with van der Waals surface area (Å²) in [6.07, 6.45) is 6.57. The number of carbonyl (C=O) groups excluding carboxylic acids is 1. The summed E-state index contributed by atoms with van der Waals surface area (Å²) in [6.45, 7) is 2.21. The molecule has 104 valence electrons. The Morgan fingerprint density at radius 2 is 1.79 bits per heavy atom. The van der Waals surface area contributed by atoms with Crippen LogP contribution in [0.15, 0.2) is 40.0 Å². The van der Waals surface area contributed by atoms with Gasteiger partial charge in [-0.15, -0.1) is 0 Å². The first-order chi connectivity index (χ1) is 8.95. The van der Waals surface area contributed by atoms with Crippen molar-refractivity contribution in [1.82, 2.24) is 0 Å². The Kier molecular flexibility index (Phi) is 6.84. The first-order valence-corrected chi connectivity index (χ1v) is 17.2. The molecule has 0 bridgehead atoms. The first kappa shape index (κ1) is 16.5. The normalized spacial score (nSPS) is 12.5. The molecule has 0 fully saturated rings. The second-order valence-electron chi connectivity index (χ2n) is 6.09. The Morgan fingerprint density at radius 1 is 1.16 bits per heavy atom. The van der Waals surface area contributed by atoms with Crippen molar-refractivity contribution in [2.45, 2.75) is 47.4 Å². The van der Waals surface area contributed by atoms with Gasteiger partial charge in [-0.3, -0.25) is 0 Å². The minimum absolute atomic E-state index is 0.273. The number of hydrogen-bond donors (Lipinski definition) is 0. The number of allylic oxidation sites excluding steroid dienone is 2. The van der Waals surface area contributed by atoms with Crippen molar-refractivity contribution in [1.29, 1.82) is 0 Å². The zero-order valence-corrected chi connectivity index (χ0v) is 15.6. The van der Waals surface area contributed by atoms with E-state index in [1.54, 1.807) is 0 Å². The molecule has 0 heterocycles. The molecule has 0 N–H and O–H groups in total. The maximum atomic E-state index is 12.3. The summed E-state index contributed by atoms with van der Waals surface area (Å²) in [5, 5.41) is 0. The quantitative estimate of drug-likeness (QED) is 0.366. The zero-order valence-electron chi connectivity index (χ0n) is 12.7. The van der Waals surface area contributed by atoms with Crippen LogP contribution in [-0.2, 0) is 0 Å². The minimum atomic E-state index is -2.14. The molecule has 2 heteroatoms. The average molecular weight is 365 g/mol. The maximum absolute atomic E-state index is 12.3. The molecule has 1 aromatic rings. The van der Waals surface area contributed by atoms with Gasteiger partial charge in [0.2, 0.25) is 0 Å². The van der Waals surface area contributed by atoms with E-state index in [0.717, 1.165) is 12.0 Å². The van der Waals surface area contributed by atoms with Gasteiger partial charge in [0, 0.05) is 0 Å². The van der Waals surface area contributed by atoms with E-state index in [0.29, 0.717) is 6.42 Å². The summed E-state index contributed by atoms with van der Waals surface area (Å²) in [5.41, 5.74) is 0.847. The molecule has 0 spiro atoms. The Bertz CT molecular complexity index is 426. The van der Waals surface area contributed by atoms with Gasteiger partial charge in [-0.1, -0.05) is 0 Å². The van der Waals surface area contributed by atoms with Gasteiger partial charge in [-0.2, -0.15) is 0 Å². The summed E-state index contributed by atoms with van der Waals surface area (Å²) in [7, 11) is 0. The molecule has 0 radical (unpaired) electrons. The van der Waals surface area contributed by atoms with Crippen LogP contribution in [-0.4, -0.2) is 24.2 Å². The Morgan fingerprint density at radius 3 is 2.32 bits per heavy atom. The Hall–Kier alpha value is -0.571. The van der Waals surface area contributed by atoms with Crippen molar-refractivity contribution in [3.05, 3.63) is 45.6 Å². The first-order valence-electron chi connectivity index (χ1n) is 7.23. The summed E-state index contributed by atoms with van der Waals surface area (Å²) >= 11 is -2.14. The number of ketones is 1. The van der Waals surface area contributed by atoms with Gasteiger partial charge in [0.15, 0.2) is 0 Å². The predicted octanol–water partition coefficient (Wildman–Crippen LogP) is 5.25. The number of carbonyl (C=O) groups is 1. The second-order valence-corrected chi connectivity index (χ2v) is 20.8. The van der Waals surface area contributed by atoms with Crippen molar-refractivity contribution in [3.8, 4) is 0 Å². The van der Waals surface area contributed by atoms with Crippen molar-refractivity contribution < 1.29 is 4.79 Å². The van der Waals surface area contributed by atoms with Crippen LogP contribution in [0.3, 0.4) is 0 Å². The number of unbranched alkanes of at least 4 members (excludes halogenated alkanes) is 2. The number of rotatable bonds is 7. The van der Waals surface area contributed by atoms with E-state index in [1.807, 2.05) is 30.3 Å². The van der Waals surface area contributed by atoms with Gasteiger partial charge in [0.25, 0.3) is 0 Å². The van der Waals surface area contributed by atoms with Crippen LogP contribution >= 0.6 is 0 Å². The molecular weight excluding hydrogens is 339 g/mol. The van der Waals surface area contributed by atoms with Gasteiger partial charge < -0.3 is 0 Å². The zero-order chi connectivity index (χ0) is 14.3. The van der Waals surface area contributed by atoms with Crippen molar-refractivity contribution in [2.24, 2.45) is 0 Å². The van der Waals surface area contributed by atoms with Crippen molar-refractivity contribution in [3.63, 3.8) is 0 Å². The van der Waals surface area contributed by atoms with Gasteiger partial charge in [-0.25, -0.2) is 0 Å². The molecule has 0 aliphatic carbocycles. The Balaban J connectivity index is 2.78. The van der Waals surface area contributed by atoms with Crippen LogP contribution in [0.2, 0.25) is 14.8 Å². The molecule has 1 aromatic carbocycles. The van der Waals surface area contributed by atoms with E-state index < -0.39 is 18.4 Å². The molecule has 0 saturated heterocycles. The monoisotopic (exact) mass is 366 g/mol. The van der Waals surface area contributed by atoms with E-state index in [2.05, 4.69) is 27.8 Å². The standard InChI is InChI=1S/C14H17O.3CH3.Sn/c1-2-3-4-5-9-12-14(15)13-10-7-6-8-11-13;;;;/h5-8,10-11H,2-4,12H2,1H3;3*1H3;. The van der Waals surface area contributed by atoms with E-state index in [1.165, 1.54) is 16.4 Å². The molecule has 0 amide bonds. The fourth-order valence-corrected chi connectivity index (χ4v) is 6.15. The van der Waals surface area contributed by atoms with Crippen LogP contribution in [0.25, 0.3) is 0 Å². The van der Waals surface area contributed by atoms with E-state index >= 15 is 0 Å². The number of Topliss-reactive ketones (excluding diaryl/α,β-unsaturated/α-hetero) is 1. The number of hydrogen-bond acceptors (Lipinski definition) is 1. The molecule has 0 aliphatic rings. The summed E-state index contributed by atoms with van der Waals surface area (Å²) < 4.78 is 1.47. The topological polar surface area (TPSA) is 17.1 Å². The third-order valence-electron chi connectivity index (χ3n) is 3.36. The van der Waals surface area contributed by atoms with Crippen molar-refractivity contribution in [2.75, 3.05) is 0 Å². The molecular formula is C17H26OSn. The summed E-state index contributed by atoms with van der Waals surface area (Å²) in [5.74, 6) is 0.273. The predicted molar refractivity (Wildman–Crippen MR) is 86.3 cm³/mol. The van der Waals surface area contributed by atoms with Gasteiger partial charge in [0.05, 0.1) is 0 Å². The van der Waals surface area contributed by atoms with Crippen LogP contribution in [0, 0.1) is 0 Å². The molecule has 0 atom stereocenters. The fraction of sp³-hybridized carbons (Fsp3) is 0.471. The average Bonchev–Trinajstić information content (AvgIpc) is 2.37. The third-order valence-corrected chi connectivity index (χ3v) is 9.94. The third kappa shape index (κ3) is 5.94. The van der Waals surface area contributed by atoms with Crippen LogP contribution in [0.5, 0.6) is 0 Å². The van der Waals surface area contributed by atoms with Crippen LogP contribution < -0.4 is 0 Å². The number of benzene rings is 1. The molecule has 1 rings (SSSR count). The van der Waals surface area contributed by atoms with E-state index in [9.17, 15) is 4.79 Å². The second kappa shape index (κ2) is 7.88. The van der Waals surface area contributed by atoms with Crippen LogP contribution in [0.4, 0.5) is 0 Å². The van der Waals surface area contributed by atoms with Gasteiger partial charge in [-0.05, 0) is 0 Å². The Labute approximate surface area is 122 Å². The summed E-state index contributed by atoms with van der Waals surface area (Å²) in [4.78, 5) is 19.5. The molecule has 0 unspecified atom stereocenters. The molecule has 0 aromatic heterocycles. The van der Waals surface area contributed by atoms with Crippen LogP contribution in [0.1, 0.15) is 43.0 Å². The van der Waals surface area contributed by atoms with Gasteiger partial charge >= 0.3 is 122 Å².